The van der Waals surface area contributed by atoms with Crippen molar-refractivity contribution in [2.45, 2.75) is 4.90 Å². The number of carbonyl (C=O) groups excluding carboxylic acids is 1. The van der Waals surface area contributed by atoms with Crippen LogP contribution in [0.15, 0.2) is 64.3 Å². The molecule has 1 N–H and O–H groups in total. The minimum atomic E-state index is -3.99. The Bertz CT molecular complexity index is 1250. The first-order chi connectivity index (χ1) is 13.9. The van der Waals surface area contributed by atoms with E-state index in [-0.39, 0.29) is 36.6 Å². The molecule has 0 aliphatic carbocycles. The number of rotatable bonds is 3. The smallest absolute Gasteiger partial charge is 0.261 e. The number of hydrogen-bond acceptors (Lipinski definition) is 4. The summed E-state index contributed by atoms with van der Waals surface area (Å²) in [6, 6.07) is 13.9. The summed E-state index contributed by atoms with van der Waals surface area (Å²) in [6.07, 6.45) is 0. The monoisotopic (exact) mass is 415 g/mol. The first kappa shape index (κ1) is 19.3. The van der Waals surface area contributed by atoms with Crippen LogP contribution in [0, 0.1) is 5.82 Å². The largest absolute Gasteiger partial charge is 0.336 e. The SMILES string of the molecule is O=C(c1cc2ccccc2[nH]c1=O)N1CCN(S(=O)(=O)c2ccccc2F)CC1. The summed E-state index contributed by atoms with van der Waals surface area (Å²) in [4.78, 5) is 28.9. The molecular weight excluding hydrogens is 397 g/mol. The molecule has 29 heavy (non-hydrogen) atoms. The average molecular weight is 415 g/mol. The topological polar surface area (TPSA) is 90.6 Å². The third kappa shape index (κ3) is 3.54. The molecule has 3 aromatic rings. The van der Waals surface area contributed by atoms with E-state index in [2.05, 4.69) is 4.98 Å². The van der Waals surface area contributed by atoms with Crippen molar-refractivity contribution in [3.63, 3.8) is 0 Å². The van der Waals surface area contributed by atoms with E-state index in [1.54, 1.807) is 30.3 Å². The van der Waals surface area contributed by atoms with Gasteiger partial charge >= 0.3 is 0 Å². The van der Waals surface area contributed by atoms with E-state index in [9.17, 15) is 22.4 Å². The number of nitrogens with one attached hydrogen (secondary N) is 1. The number of fused-ring (bicyclic) bond motifs is 1. The van der Waals surface area contributed by atoms with Gasteiger partial charge in [-0.15, -0.1) is 0 Å². The van der Waals surface area contributed by atoms with Crippen molar-refractivity contribution in [2.75, 3.05) is 26.2 Å². The van der Waals surface area contributed by atoms with Crippen molar-refractivity contribution in [1.29, 1.82) is 0 Å². The molecule has 0 atom stereocenters. The number of nitrogens with zero attached hydrogens (tertiary/aromatic N) is 2. The van der Waals surface area contributed by atoms with Crippen molar-refractivity contribution in [1.82, 2.24) is 14.2 Å². The first-order valence-corrected chi connectivity index (χ1v) is 10.5. The number of aromatic amines is 1. The molecule has 150 valence electrons. The molecule has 0 spiro atoms. The zero-order valence-corrected chi connectivity index (χ0v) is 16.2. The van der Waals surface area contributed by atoms with E-state index in [1.807, 2.05) is 0 Å². The summed E-state index contributed by atoms with van der Waals surface area (Å²) in [6.45, 7) is 0.263. The molecule has 4 rings (SSSR count). The van der Waals surface area contributed by atoms with Gasteiger partial charge in [0.2, 0.25) is 10.0 Å². The van der Waals surface area contributed by atoms with Gasteiger partial charge in [0, 0.05) is 31.7 Å². The molecule has 1 fully saturated rings. The molecule has 0 radical (unpaired) electrons. The highest BCUT2D eigenvalue weighted by Gasteiger charge is 2.32. The summed E-state index contributed by atoms with van der Waals surface area (Å²) < 4.78 is 40.4. The number of benzene rings is 2. The van der Waals surface area contributed by atoms with Gasteiger partial charge in [-0.1, -0.05) is 30.3 Å². The molecule has 2 heterocycles. The van der Waals surface area contributed by atoms with E-state index in [0.717, 1.165) is 15.8 Å². The maximum atomic E-state index is 13.9. The van der Waals surface area contributed by atoms with Crippen LogP contribution in [0.5, 0.6) is 0 Å². The highest BCUT2D eigenvalue weighted by molar-refractivity contribution is 7.89. The maximum Gasteiger partial charge on any atom is 0.261 e. The van der Waals surface area contributed by atoms with Crippen LogP contribution >= 0.6 is 0 Å². The van der Waals surface area contributed by atoms with Crippen molar-refractivity contribution in [3.8, 4) is 0 Å². The second kappa shape index (κ2) is 7.41. The van der Waals surface area contributed by atoms with Crippen LogP contribution < -0.4 is 5.56 Å². The predicted octanol–water partition coefficient (Wildman–Crippen LogP) is 1.81. The van der Waals surface area contributed by atoms with E-state index in [4.69, 9.17) is 0 Å². The Balaban J connectivity index is 1.53. The molecule has 0 bridgehead atoms. The number of amides is 1. The van der Waals surface area contributed by atoms with Crippen molar-refractivity contribution >= 4 is 26.8 Å². The summed E-state index contributed by atoms with van der Waals surface area (Å²) in [5.74, 6) is -1.27. The van der Waals surface area contributed by atoms with Gasteiger partial charge in [0.1, 0.15) is 16.3 Å². The van der Waals surface area contributed by atoms with E-state index in [1.165, 1.54) is 23.1 Å². The number of H-pyrrole nitrogens is 1. The van der Waals surface area contributed by atoms with Gasteiger partial charge in [-0.05, 0) is 29.7 Å². The zero-order chi connectivity index (χ0) is 20.6. The Labute approximate surface area is 166 Å². The molecule has 1 amide bonds. The normalized spacial score (nSPS) is 15.6. The lowest BCUT2D eigenvalue weighted by Crippen LogP contribution is -2.51. The summed E-state index contributed by atoms with van der Waals surface area (Å²) >= 11 is 0. The zero-order valence-electron chi connectivity index (χ0n) is 15.3. The second-order valence-corrected chi connectivity index (χ2v) is 8.63. The van der Waals surface area contributed by atoms with Gasteiger partial charge < -0.3 is 9.88 Å². The Kier molecular flexibility index (Phi) is 4.93. The Morgan fingerprint density at radius 2 is 1.62 bits per heavy atom. The number of hydrogen-bond donors (Lipinski definition) is 1. The molecule has 2 aromatic carbocycles. The summed E-state index contributed by atoms with van der Waals surface area (Å²) in [5, 5.41) is 0.733. The Morgan fingerprint density at radius 3 is 2.34 bits per heavy atom. The van der Waals surface area contributed by atoms with Crippen molar-refractivity contribution in [2.24, 2.45) is 0 Å². The minimum Gasteiger partial charge on any atom is -0.336 e. The van der Waals surface area contributed by atoms with E-state index >= 15 is 0 Å². The Hall–Kier alpha value is -3.04. The molecule has 1 aromatic heterocycles. The van der Waals surface area contributed by atoms with Crippen LogP contribution in [-0.2, 0) is 10.0 Å². The number of halogens is 1. The van der Waals surface area contributed by atoms with E-state index in [0.29, 0.717) is 5.52 Å². The van der Waals surface area contributed by atoms with Gasteiger partial charge in [-0.3, -0.25) is 9.59 Å². The fourth-order valence-corrected chi connectivity index (χ4v) is 4.89. The summed E-state index contributed by atoms with van der Waals surface area (Å²) in [5.41, 5.74) is 0.152. The fourth-order valence-electron chi connectivity index (χ4n) is 3.40. The van der Waals surface area contributed by atoms with Gasteiger partial charge in [0.15, 0.2) is 0 Å². The molecule has 0 saturated carbocycles. The maximum absolute atomic E-state index is 13.9. The number of piperazine rings is 1. The minimum absolute atomic E-state index is 0.00844. The van der Waals surface area contributed by atoms with Gasteiger partial charge in [0.05, 0.1) is 0 Å². The van der Waals surface area contributed by atoms with Crippen molar-refractivity contribution in [3.05, 3.63) is 76.3 Å². The molecular formula is C20H18FN3O4S. The van der Waals surface area contributed by atoms with Gasteiger partial charge in [-0.25, -0.2) is 12.8 Å². The molecule has 1 aliphatic rings. The van der Waals surface area contributed by atoms with Crippen LogP contribution in [0.3, 0.4) is 0 Å². The number of aromatic nitrogens is 1. The molecule has 1 saturated heterocycles. The number of sulfonamides is 1. The number of carbonyl (C=O) groups is 1. The fraction of sp³-hybridized carbons (Fsp3) is 0.200. The Morgan fingerprint density at radius 1 is 0.966 bits per heavy atom. The first-order valence-electron chi connectivity index (χ1n) is 9.04. The highest BCUT2D eigenvalue weighted by atomic mass is 32.2. The standard InChI is InChI=1S/C20H18FN3O4S/c21-16-6-2-4-8-18(16)29(27,28)24-11-9-23(10-12-24)20(26)15-13-14-5-1-3-7-17(14)22-19(15)25/h1-8,13H,9-12H2,(H,22,25). The van der Waals surface area contributed by atoms with Crippen LogP contribution in [0.1, 0.15) is 10.4 Å². The molecule has 7 nitrogen and oxygen atoms in total. The lowest BCUT2D eigenvalue weighted by Gasteiger charge is -2.34. The second-order valence-electron chi connectivity index (χ2n) is 6.73. The van der Waals surface area contributed by atoms with E-state index < -0.39 is 27.3 Å². The summed E-state index contributed by atoms with van der Waals surface area (Å²) in [7, 11) is -3.99. The van der Waals surface area contributed by atoms with Gasteiger partial charge in [0.25, 0.3) is 11.5 Å². The van der Waals surface area contributed by atoms with Gasteiger partial charge in [-0.2, -0.15) is 4.31 Å². The lowest BCUT2D eigenvalue weighted by atomic mass is 10.1. The molecule has 9 heteroatoms. The molecule has 1 aliphatic heterocycles. The number of pyridine rings is 1. The highest BCUT2D eigenvalue weighted by Crippen LogP contribution is 2.21. The van der Waals surface area contributed by atoms with Crippen LogP contribution in [0.25, 0.3) is 10.9 Å². The van der Waals surface area contributed by atoms with Crippen LogP contribution in [0.2, 0.25) is 0 Å². The van der Waals surface area contributed by atoms with Crippen LogP contribution in [0.4, 0.5) is 4.39 Å². The van der Waals surface area contributed by atoms with Crippen molar-refractivity contribution < 1.29 is 17.6 Å². The van der Waals surface area contributed by atoms with Crippen LogP contribution in [-0.4, -0.2) is 54.7 Å². The third-order valence-corrected chi connectivity index (χ3v) is 6.90. The number of para-hydroxylation sites is 1. The predicted molar refractivity (Wildman–Crippen MR) is 106 cm³/mol. The quantitative estimate of drug-likeness (QED) is 0.707. The average Bonchev–Trinajstić information content (AvgIpc) is 2.73. The lowest BCUT2D eigenvalue weighted by molar-refractivity contribution is 0.0696. The third-order valence-electron chi connectivity index (χ3n) is 4.96. The molecule has 0 unspecified atom stereocenters.